The van der Waals surface area contributed by atoms with E-state index in [1.54, 1.807) is 31.2 Å². The second-order valence-corrected chi connectivity index (χ2v) is 8.47. The van der Waals surface area contributed by atoms with Crippen molar-refractivity contribution >= 4 is 23.2 Å². The maximum atomic E-state index is 13.4. The molecule has 36 heavy (non-hydrogen) atoms. The summed E-state index contributed by atoms with van der Waals surface area (Å²) in [5.41, 5.74) is 1.26. The Morgan fingerprint density at radius 1 is 0.861 bits per heavy atom. The molecule has 1 saturated heterocycles. The smallest absolute Gasteiger partial charge is 0.379 e. The Morgan fingerprint density at radius 2 is 1.50 bits per heavy atom. The van der Waals surface area contributed by atoms with Crippen molar-refractivity contribution in [2.45, 2.75) is 19.1 Å². The molecule has 2 N–H and O–H groups in total. The average molecular weight is 498 g/mol. The summed E-state index contributed by atoms with van der Waals surface area (Å²) in [6.07, 6.45) is -4.61. The Morgan fingerprint density at radius 3 is 2.14 bits per heavy atom. The Kier molecular flexibility index (Phi) is 7.71. The van der Waals surface area contributed by atoms with Gasteiger partial charge in [0.15, 0.2) is 0 Å². The molecule has 188 valence electrons. The summed E-state index contributed by atoms with van der Waals surface area (Å²) in [4.78, 5) is 27.6. The van der Waals surface area contributed by atoms with Crippen molar-refractivity contribution in [1.82, 2.24) is 4.90 Å². The predicted molar refractivity (Wildman–Crippen MR) is 132 cm³/mol. The molecule has 0 spiro atoms. The van der Waals surface area contributed by atoms with E-state index in [4.69, 9.17) is 4.74 Å². The number of carbonyl (C=O) groups excluding carboxylic acids is 2. The van der Waals surface area contributed by atoms with Crippen LogP contribution in [0.3, 0.4) is 0 Å². The van der Waals surface area contributed by atoms with Crippen LogP contribution in [0, 0.1) is 0 Å². The standard InChI is InChI=1S/C27H26F3N3O3/c1-18(33-13-15-36-16-14-33)25(34)32-24-17-22(27(28,29)30)11-12-23(24)31-26(35)21-9-7-20(8-10-21)19-5-3-2-4-6-19/h2-12,17-18H,13-16H2,1H3,(H,31,35)(H,32,34)/t18-/m1/s1. The van der Waals surface area contributed by atoms with Crippen molar-refractivity contribution in [3.8, 4) is 11.1 Å². The summed E-state index contributed by atoms with van der Waals surface area (Å²) in [5, 5.41) is 5.21. The van der Waals surface area contributed by atoms with E-state index in [-0.39, 0.29) is 11.4 Å². The SMILES string of the molecule is C[C@H](C(=O)Nc1cc(C(F)(F)F)ccc1NC(=O)c1ccc(-c2ccccc2)cc1)N1CCOCC1. The summed E-state index contributed by atoms with van der Waals surface area (Å²) >= 11 is 0. The van der Waals surface area contributed by atoms with Gasteiger partial charge in [0.05, 0.1) is 36.2 Å². The van der Waals surface area contributed by atoms with Crippen LogP contribution < -0.4 is 10.6 Å². The minimum atomic E-state index is -4.61. The normalized spacial score (nSPS) is 15.2. The average Bonchev–Trinajstić information content (AvgIpc) is 2.89. The van der Waals surface area contributed by atoms with Crippen LogP contribution >= 0.6 is 0 Å². The van der Waals surface area contributed by atoms with Gasteiger partial charge in [-0.3, -0.25) is 14.5 Å². The molecule has 1 heterocycles. The fraction of sp³-hybridized carbons (Fsp3) is 0.259. The lowest BCUT2D eigenvalue weighted by Crippen LogP contribution is -2.47. The lowest BCUT2D eigenvalue weighted by molar-refractivity contribution is -0.137. The Bertz CT molecular complexity index is 1210. The van der Waals surface area contributed by atoms with E-state index in [2.05, 4.69) is 10.6 Å². The summed E-state index contributed by atoms with van der Waals surface area (Å²) in [7, 11) is 0. The number of carbonyl (C=O) groups is 2. The zero-order chi connectivity index (χ0) is 25.7. The first-order chi connectivity index (χ1) is 17.2. The zero-order valence-corrected chi connectivity index (χ0v) is 19.6. The molecular formula is C27H26F3N3O3. The van der Waals surface area contributed by atoms with Crippen LogP contribution in [0.4, 0.5) is 24.5 Å². The summed E-state index contributed by atoms with van der Waals surface area (Å²) < 4.78 is 45.4. The zero-order valence-electron chi connectivity index (χ0n) is 19.6. The molecule has 0 aliphatic carbocycles. The van der Waals surface area contributed by atoms with E-state index in [1.807, 2.05) is 35.2 Å². The number of amides is 2. The van der Waals surface area contributed by atoms with E-state index < -0.39 is 29.6 Å². The summed E-state index contributed by atoms with van der Waals surface area (Å²) in [6, 6.07) is 18.8. The highest BCUT2D eigenvalue weighted by atomic mass is 19.4. The van der Waals surface area contributed by atoms with E-state index >= 15 is 0 Å². The number of halogens is 3. The van der Waals surface area contributed by atoms with Gasteiger partial charge in [-0.05, 0) is 48.4 Å². The quantitative estimate of drug-likeness (QED) is 0.486. The molecular weight excluding hydrogens is 471 g/mol. The van der Waals surface area contributed by atoms with Crippen LogP contribution in [-0.2, 0) is 15.7 Å². The van der Waals surface area contributed by atoms with Gasteiger partial charge in [0.2, 0.25) is 5.91 Å². The molecule has 3 aromatic rings. The maximum Gasteiger partial charge on any atom is 0.416 e. The molecule has 2 amide bonds. The van der Waals surface area contributed by atoms with E-state index in [0.717, 1.165) is 29.3 Å². The van der Waals surface area contributed by atoms with Gasteiger partial charge in [-0.1, -0.05) is 42.5 Å². The number of rotatable bonds is 6. The van der Waals surface area contributed by atoms with Crippen molar-refractivity contribution in [2.75, 3.05) is 36.9 Å². The number of nitrogens with one attached hydrogen (secondary N) is 2. The molecule has 1 aliphatic rings. The molecule has 0 aromatic heterocycles. The fourth-order valence-corrected chi connectivity index (χ4v) is 3.94. The molecule has 0 saturated carbocycles. The van der Waals surface area contributed by atoms with E-state index in [0.29, 0.717) is 31.9 Å². The van der Waals surface area contributed by atoms with Crippen LogP contribution in [0.5, 0.6) is 0 Å². The van der Waals surface area contributed by atoms with Gasteiger partial charge >= 0.3 is 6.18 Å². The van der Waals surface area contributed by atoms with Gasteiger partial charge in [0, 0.05) is 18.7 Å². The number of alkyl halides is 3. The third-order valence-corrected chi connectivity index (χ3v) is 6.08. The number of morpholine rings is 1. The predicted octanol–water partition coefficient (Wildman–Crippen LogP) is 5.28. The number of nitrogens with zero attached hydrogens (tertiary/aromatic N) is 1. The van der Waals surface area contributed by atoms with Crippen LogP contribution in [0.25, 0.3) is 11.1 Å². The number of hydrogen-bond donors (Lipinski definition) is 2. The number of anilines is 2. The number of hydrogen-bond acceptors (Lipinski definition) is 4. The third-order valence-electron chi connectivity index (χ3n) is 6.08. The van der Waals surface area contributed by atoms with Crippen LogP contribution in [0.2, 0.25) is 0 Å². The van der Waals surface area contributed by atoms with Gasteiger partial charge < -0.3 is 15.4 Å². The van der Waals surface area contributed by atoms with Gasteiger partial charge in [0.1, 0.15) is 0 Å². The first kappa shape index (κ1) is 25.4. The van der Waals surface area contributed by atoms with Gasteiger partial charge in [-0.25, -0.2) is 0 Å². The molecule has 1 fully saturated rings. The molecule has 3 aromatic carbocycles. The Hall–Kier alpha value is -3.69. The van der Waals surface area contributed by atoms with Gasteiger partial charge in [0.25, 0.3) is 5.91 Å². The van der Waals surface area contributed by atoms with Crippen molar-refractivity contribution in [1.29, 1.82) is 0 Å². The second kappa shape index (κ2) is 10.9. The summed E-state index contributed by atoms with van der Waals surface area (Å²) in [6.45, 7) is 3.72. The monoisotopic (exact) mass is 497 g/mol. The van der Waals surface area contributed by atoms with E-state index in [9.17, 15) is 22.8 Å². The molecule has 0 bridgehead atoms. The van der Waals surface area contributed by atoms with Crippen molar-refractivity contribution < 1.29 is 27.5 Å². The highest BCUT2D eigenvalue weighted by Crippen LogP contribution is 2.34. The maximum absolute atomic E-state index is 13.4. The molecule has 4 rings (SSSR count). The second-order valence-electron chi connectivity index (χ2n) is 8.47. The van der Waals surface area contributed by atoms with Crippen LogP contribution in [0.15, 0.2) is 72.8 Å². The Labute approximate surface area is 207 Å². The van der Waals surface area contributed by atoms with Gasteiger partial charge in [-0.2, -0.15) is 13.2 Å². The van der Waals surface area contributed by atoms with E-state index in [1.165, 1.54) is 0 Å². The first-order valence-corrected chi connectivity index (χ1v) is 11.5. The minimum absolute atomic E-state index is 0.0719. The topological polar surface area (TPSA) is 70.7 Å². The lowest BCUT2D eigenvalue weighted by atomic mass is 10.0. The molecule has 6 nitrogen and oxygen atoms in total. The minimum Gasteiger partial charge on any atom is -0.379 e. The fourth-order valence-electron chi connectivity index (χ4n) is 3.94. The molecule has 0 radical (unpaired) electrons. The highest BCUT2D eigenvalue weighted by molar-refractivity contribution is 6.08. The largest absolute Gasteiger partial charge is 0.416 e. The third kappa shape index (κ3) is 6.10. The molecule has 1 aliphatic heterocycles. The molecule has 9 heteroatoms. The van der Waals surface area contributed by atoms with Crippen LogP contribution in [0.1, 0.15) is 22.8 Å². The highest BCUT2D eigenvalue weighted by Gasteiger charge is 2.32. The Balaban J connectivity index is 1.54. The number of ether oxygens (including phenoxy) is 1. The van der Waals surface area contributed by atoms with Crippen molar-refractivity contribution in [3.05, 3.63) is 83.9 Å². The summed E-state index contributed by atoms with van der Waals surface area (Å²) in [5.74, 6) is -0.981. The van der Waals surface area contributed by atoms with Crippen LogP contribution in [-0.4, -0.2) is 49.1 Å². The van der Waals surface area contributed by atoms with Gasteiger partial charge in [-0.15, -0.1) is 0 Å². The lowest BCUT2D eigenvalue weighted by Gasteiger charge is -2.31. The number of benzene rings is 3. The van der Waals surface area contributed by atoms with Crippen molar-refractivity contribution in [3.63, 3.8) is 0 Å². The van der Waals surface area contributed by atoms with Crippen molar-refractivity contribution in [2.24, 2.45) is 0 Å². The molecule has 1 atom stereocenters. The first-order valence-electron chi connectivity index (χ1n) is 11.5. The molecule has 0 unspecified atom stereocenters.